The molecule has 1 saturated carbocycles. The molecule has 1 aliphatic carbocycles. The standard InChI is InChI=1S/C21H23N3O3S/c1-15-11-13-17(14-12-15)28(26,27)23-20-18-9-5-6-10-19(18)22-21(25)24(20)16-7-3-2-4-8-16/h2-4,7-8,11-14,18-19H,5-6,9-10H2,1H3,(H,22,25)/b23-20+. The minimum Gasteiger partial charge on any atom is -0.334 e. The van der Waals surface area contributed by atoms with Crippen LogP contribution in [0.25, 0.3) is 0 Å². The first-order valence-corrected chi connectivity index (χ1v) is 11.0. The molecule has 4 rings (SSSR count). The quantitative estimate of drug-likeness (QED) is 0.854. The summed E-state index contributed by atoms with van der Waals surface area (Å²) in [6.07, 6.45) is 3.65. The topological polar surface area (TPSA) is 78.8 Å². The van der Waals surface area contributed by atoms with E-state index < -0.39 is 10.0 Å². The van der Waals surface area contributed by atoms with E-state index in [1.165, 1.54) is 4.90 Å². The Morgan fingerprint density at radius 1 is 1.00 bits per heavy atom. The summed E-state index contributed by atoms with van der Waals surface area (Å²) < 4.78 is 30.3. The lowest BCUT2D eigenvalue weighted by atomic mass is 9.82. The molecule has 0 bridgehead atoms. The summed E-state index contributed by atoms with van der Waals surface area (Å²) in [5, 5.41) is 3.04. The highest BCUT2D eigenvalue weighted by molar-refractivity contribution is 7.90. The number of hydrogen-bond donors (Lipinski definition) is 1. The number of aryl methyl sites for hydroxylation is 1. The van der Waals surface area contributed by atoms with Crippen molar-refractivity contribution in [2.75, 3.05) is 4.90 Å². The van der Waals surface area contributed by atoms with E-state index in [0.29, 0.717) is 11.5 Å². The zero-order valence-electron chi connectivity index (χ0n) is 15.7. The van der Waals surface area contributed by atoms with E-state index in [0.717, 1.165) is 31.2 Å². The number of rotatable bonds is 3. The molecule has 2 atom stereocenters. The minimum absolute atomic E-state index is 0.0758. The maximum atomic E-state index is 13.0. The molecule has 1 N–H and O–H groups in total. The number of sulfonamides is 1. The third-order valence-electron chi connectivity index (χ3n) is 5.39. The lowest BCUT2D eigenvalue weighted by Crippen LogP contribution is -2.61. The normalized spacial score (nSPS) is 24.0. The third kappa shape index (κ3) is 3.54. The van der Waals surface area contributed by atoms with Crippen LogP contribution in [0, 0.1) is 12.8 Å². The number of benzene rings is 2. The van der Waals surface area contributed by atoms with Crippen LogP contribution in [0.1, 0.15) is 31.2 Å². The van der Waals surface area contributed by atoms with Gasteiger partial charge < -0.3 is 5.32 Å². The van der Waals surface area contributed by atoms with Crippen LogP contribution in [0.3, 0.4) is 0 Å². The summed E-state index contributed by atoms with van der Waals surface area (Å²) in [6.45, 7) is 1.90. The Balaban J connectivity index is 1.83. The predicted octanol–water partition coefficient (Wildman–Crippen LogP) is 3.87. The van der Waals surface area contributed by atoms with Gasteiger partial charge in [0.15, 0.2) is 0 Å². The van der Waals surface area contributed by atoms with Gasteiger partial charge in [0.25, 0.3) is 10.0 Å². The zero-order valence-corrected chi connectivity index (χ0v) is 16.5. The highest BCUT2D eigenvalue weighted by Crippen LogP contribution is 2.33. The number of anilines is 1. The predicted molar refractivity (Wildman–Crippen MR) is 109 cm³/mol. The number of fused-ring (bicyclic) bond motifs is 1. The Hall–Kier alpha value is -2.67. The van der Waals surface area contributed by atoms with Crippen molar-refractivity contribution in [3.8, 4) is 0 Å². The lowest BCUT2D eigenvalue weighted by molar-refractivity contribution is 0.229. The maximum Gasteiger partial charge on any atom is 0.327 e. The molecule has 2 aromatic rings. The highest BCUT2D eigenvalue weighted by Gasteiger charge is 2.42. The van der Waals surface area contributed by atoms with Crippen LogP contribution in [0.2, 0.25) is 0 Å². The van der Waals surface area contributed by atoms with Crippen molar-refractivity contribution in [2.24, 2.45) is 10.3 Å². The van der Waals surface area contributed by atoms with Gasteiger partial charge in [-0.15, -0.1) is 4.40 Å². The van der Waals surface area contributed by atoms with Crippen molar-refractivity contribution in [2.45, 2.75) is 43.5 Å². The Kier molecular flexibility index (Phi) is 4.93. The van der Waals surface area contributed by atoms with Gasteiger partial charge in [0.2, 0.25) is 0 Å². The molecule has 0 aromatic heterocycles. The SMILES string of the molecule is Cc1ccc(S(=O)(=O)/N=C2\C3CCCCC3NC(=O)N2c2ccccc2)cc1. The smallest absolute Gasteiger partial charge is 0.327 e. The highest BCUT2D eigenvalue weighted by atomic mass is 32.2. The average molecular weight is 398 g/mol. The zero-order chi connectivity index (χ0) is 19.7. The second-order valence-electron chi connectivity index (χ2n) is 7.36. The van der Waals surface area contributed by atoms with Crippen LogP contribution in [0.15, 0.2) is 63.9 Å². The van der Waals surface area contributed by atoms with E-state index in [1.807, 2.05) is 25.1 Å². The molecular weight excluding hydrogens is 374 g/mol. The number of amides is 2. The summed E-state index contributed by atoms with van der Waals surface area (Å²) in [4.78, 5) is 14.4. The van der Waals surface area contributed by atoms with Crippen molar-refractivity contribution in [3.05, 3.63) is 60.2 Å². The number of para-hydroxylation sites is 1. The van der Waals surface area contributed by atoms with Crippen LogP contribution in [0.4, 0.5) is 10.5 Å². The first-order valence-electron chi connectivity index (χ1n) is 9.53. The van der Waals surface area contributed by atoms with Gasteiger partial charge in [-0.25, -0.2) is 9.69 Å². The fourth-order valence-corrected chi connectivity index (χ4v) is 4.98. The summed E-state index contributed by atoms with van der Waals surface area (Å²) >= 11 is 0. The van der Waals surface area contributed by atoms with Gasteiger partial charge in [-0.3, -0.25) is 0 Å². The van der Waals surface area contributed by atoms with Crippen LogP contribution in [0.5, 0.6) is 0 Å². The van der Waals surface area contributed by atoms with Crippen LogP contribution in [-0.2, 0) is 10.0 Å². The molecule has 0 spiro atoms. The first kappa shape index (κ1) is 18.7. The molecule has 6 nitrogen and oxygen atoms in total. The second kappa shape index (κ2) is 7.39. The molecule has 2 unspecified atom stereocenters. The van der Waals surface area contributed by atoms with E-state index in [2.05, 4.69) is 9.71 Å². The molecule has 2 aromatic carbocycles. The summed E-state index contributed by atoms with van der Waals surface area (Å²) in [5.74, 6) is 0.201. The molecule has 0 radical (unpaired) electrons. The lowest BCUT2D eigenvalue weighted by Gasteiger charge is -2.42. The van der Waals surface area contributed by atoms with E-state index >= 15 is 0 Å². The van der Waals surface area contributed by atoms with Gasteiger partial charge >= 0.3 is 6.03 Å². The van der Waals surface area contributed by atoms with Gasteiger partial charge in [-0.1, -0.05) is 48.7 Å². The fraction of sp³-hybridized carbons (Fsp3) is 0.333. The Morgan fingerprint density at radius 3 is 2.39 bits per heavy atom. The fourth-order valence-electron chi connectivity index (χ4n) is 3.93. The van der Waals surface area contributed by atoms with Crippen molar-refractivity contribution in [1.29, 1.82) is 0 Å². The molecule has 7 heteroatoms. The van der Waals surface area contributed by atoms with Crippen molar-refractivity contribution in [3.63, 3.8) is 0 Å². The average Bonchev–Trinajstić information content (AvgIpc) is 2.69. The molecule has 2 fully saturated rings. The van der Waals surface area contributed by atoms with Crippen LogP contribution >= 0.6 is 0 Å². The van der Waals surface area contributed by atoms with E-state index in [1.54, 1.807) is 36.4 Å². The molecule has 2 aliphatic rings. The van der Waals surface area contributed by atoms with Crippen molar-refractivity contribution >= 4 is 27.6 Å². The molecule has 2 amide bonds. The number of carbonyl (C=O) groups excluding carboxylic acids is 1. The summed E-state index contributed by atoms with van der Waals surface area (Å²) in [6, 6.07) is 15.3. The molecule has 146 valence electrons. The van der Waals surface area contributed by atoms with Crippen LogP contribution in [-0.4, -0.2) is 26.3 Å². The van der Waals surface area contributed by atoms with Gasteiger partial charge in [0, 0.05) is 12.0 Å². The molecule has 28 heavy (non-hydrogen) atoms. The number of nitrogens with one attached hydrogen (secondary N) is 1. The number of urea groups is 1. The van der Waals surface area contributed by atoms with Gasteiger partial charge in [0.1, 0.15) is 5.84 Å². The first-order chi connectivity index (χ1) is 13.5. The number of hydrogen-bond acceptors (Lipinski definition) is 3. The molecular formula is C21H23N3O3S. The summed E-state index contributed by atoms with van der Waals surface area (Å²) in [5.41, 5.74) is 1.59. The molecule has 1 heterocycles. The third-order valence-corrected chi connectivity index (χ3v) is 6.68. The second-order valence-corrected chi connectivity index (χ2v) is 8.96. The van der Waals surface area contributed by atoms with E-state index in [4.69, 9.17) is 0 Å². The van der Waals surface area contributed by atoms with E-state index in [-0.39, 0.29) is 22.9 Å². The largest absolute Gasteiger partial charge is 0.334 e. The Morgan fingerprint density at radius 2 is 1.68 bits per heavy atom. The van der Waals surface area contributed by atoms with Gasteiger partial charge in [-0.2, -0.15) is 8.42 Å². The van der Waals surface area contributed by atoms with Gasteiger partial charge in [-0.05, 0) is 44.0 Å². The Labute approximate surface area is 165 Å². The van der Waals surface area contributed by atoms with Gasteiger partial charge in [0.05, 0.1) is 10.6 Å². The minimum atomic E-state index is -3.93. The van der Waals surface area contributed by atoms with Crippen molar-refractivity contribution in [1.82, 2.24) is 5.32 Å². The summed E-state index contributed by atoms with van der Waals surface area (Å²) in [7, 11) is -3.93. The van der Waals surface area contributed by atoms with E-state index in [9.17, 15) is 13.2 Å². The molecule has 1 aliphatic heterocycles. The molecule has 1 saturated heterocycles. The van der Waals surface area contributed by atoms with Crippen LogP contribution < -0.4 is 10.2 Å². The number of amidine groups is 1. The van der Waals surface area contributed by atoms with Crippen molar-refractivity contribution < 1.29 is 13.2 Å². The Bertz CT molecular complexity index is 1000. The number of nitrogens with zero attached hydrogens (tertiary/aromatic N) is 2. The monoisotopic (exact) mass is 397 g/mol. The maximum absolute atomic E-state index is 13.0. The number of carbonyl (C=O) groups is 1.